The van der Waals surface area contributed by atoms with Crippen LogP contribution in [-0.4, -0.2) is 22.9 Å². The normalized spacial score (nSPS) is 14.5. The SMILES string of the molecule is O=C1/C(=N\N=C\c2coc3cc(O)ccc3c2=O)c2ccccc2N1Cc1ccccc1Br. The number of carbonyl (C=O) groups is 1. The summed E-state index contributed by atoms with van der Waals surface area (Å²) < 4.78 is 6.33. The Morgan fingerprint density at radius 1 is 1.03 bits per heavy atom. The van der Waals surface area contributed by atoms with Gasteiger partial charge in [0.1, 0.15) is 17.6 Å². The Morgan fingerprint density at radius 2 is 1.82 bits per heavy atom. The fourth-order valence-electron chi connectivity index (χ4n) is 3.68. The molecule has 7 nitrogen and oxygen atoms in total. The highest BCUT2D eigenvalue weighted by Crippen LogP contribution is 2.32. The maximum absolute atomic E-state index is 13.2. The molecule has 3 aromatic carbocycles. The molecule has 1 aromatic heterocycles. The van der Waals surface area contributed by atoms with Crippen LogP contribution in [0.25, 0.3) is 11.0 Å². The van der Waals surface area contributed by atoms with Gasteiger partial charge in [-0.1, -0.05) is 52.3 Å². The second-order valence-electron chi connectivity index (χ2n) is 7.39. The molecular formula is C25H16BrN3O4. The van der Waals surface area contributed by atoms with Crippen LogP contribution in [0, 0.1) is 0 Å². The molecule has 0 radical (unpaired) electrons. The topological polar surface area (TPSA) is 95.5 Å². The van der Waals surface area contributed by atoms with Crippen LogP contribution in [0.4, 0.5) is 5.69 Å². The van der Waals surface area contributed by atoms with Gasteiger partial charge in [0.15, 0.2) is 5.71 Å². The van der Waals surface area contributed by atoms with Crippen molar-refractivity contribution in [2.75, 3.05) is 4.90 Å². The first-order chi connectivity index (χ1) is 16.0. The number of fused-ring (bicyclic) bond motifs is 2. The fourth-order valence-corrected chi connectivity index (χ4v) is 4.09. The van der Waals surface area contributed by atoms with E-state index in [0.717, 1.165) is 15.7 Å². The van der Waals surface area contributed by atoms with Gasteiger partial charge >= 0.3 is 0 Å². The lowest BCUT2D eigenvalue weighted by Crippen LogP contribution is -2.29. The first-order valence-corrected chi connectivity index (χ1v) is 10.8. The van der Waals surface area contributed by atoms with Gasteiger partial charge in [-0.3, -0.25) is 9.59 Å². The summed E-state index contributed by atoms with van der Waals surface area (Å²) in [5.41, 5.74) is 2.72. The zero-order valence-electron chi connectivity index (χ0n) is 17.1. The molecule has 1 aliphatic rings. The third-order valence-electron chi connectivity index (χ3n) is 5.32. The second-order valence-corrected chi connectivity index (χ2v) is 8.25. The van der Waals surface area contributed by atoms with Crippen LogP contribution in [-0.2, 0) is 11.3 Å². The highest BCUT2D eigenvalue weighted by atomic mass is 79.9. The van der Waals surface area contributed by atoms with E-state index in [2.05, 4.69) is 26.1 Å². The monoisotopic (exact) mass is 501 g/mol. The molecule has 0 bridgehead atoms. The van der Waals surface area contributed by atoms with E-state index >= 15 is 0 Å². The maximum atomic E-state index is 13.2. The Labute approximate surface area is 196 Å². The van der Waals surface area contributed by atoms with Crippen LogP contribution >= 0.6 is 15.9 Å². The van der Waals surface area contributed by atoms with Crippen molar-refractivity contribution in [3.63, 3.8) is 0 Å². The van der Waals surface area contributed by atoms with E-state index in [-0.39, 0.29) is 33.9 Å². The molecule has 0 spiro atoms. The van der Waals surface area contributed by atoms with Gasteiger partial charge in [-0.2, -0.15) is 5.10 Å². The van der Waals surface area contributed by atoms with Gasteiger partial charge in [0.05, 0.1) is 29.4 Å². The zero-order valence-corrected chi connectivity index (χ0v) is 18.7. The molecule has 33 heavy (non-hydrogen) atoms. The molecule has 2 heterocycles. The number of hydrogen-bond acceptors (Lipinski definition) is 6. The summed E-state index contributed by atoms with van der Waals surface area (Å²) in [5.74, 6) is -0.269. The molecule has 1 N–H and O–H groups in total. The van der Waals surface area contributed by atoms with Gasteiger partial charge in [0, 0.05) is 16.1 Å². The van der Waals surface area contributed by atoms with Crippen molar-refractivity contribution in [3.05, 3.63) is 104 Å². The van der Waals surface area contributed by atoms with Crippen molar-refractivity contribution in [2.45, 2.75) is 6.54 Å². The fraction of sp³-hybridized carbons (Fsp3) is 0.0400. The van der Waals surface area contributed by atoms with E-state index in [4.69, 9.17) is 4.42 Å². The van der Waals surface area contributed by atoms with Crippen LogP contribution < -0.4 is 10.3 Å². The highest BCUT2D eigenvalue weighted by Gasteiger charge is 2.34. The van der Waals surface area contributed by atoms with Crippen LogP contribution in [0.1, 0.15) is 16.7 Å². The third-order valence-corrected chi connectivity index (χ3v) is 6.10. The number of rotatable bonds is 4. The second kappa shape index (κ2) is 8.48. The number of halogens is 1. The molecule has 0 atom stereocenters. The number of aromatic hydroxyl groups is 1. The molecule has 5 rings (SSSR count). The van der Waals surface area contributed by atoms with E-state index < -0.39 is 0 Å². The average Bonchev–Trinajstić information content (AvgIpc) is 3.08. The molecule has 0 saturated carbocycles. The number of hydrogen-bond donors (Lipinski definition) is 1. The number of para-hydroxylation sites is 1. The standard InChI is InChI=1S/C25H16BrN3O4/c26-20-7-3-1-5-15(20)13-29-21-8-4-2-6-18(21)23(25(29)32)28-27-12-16-14-33-22-11-17(30)9-10-19(22)24(16)31/h1-12,14,30H,13H2/b27-12+,28-23-. The lowest BCUT2D eigenvalue weighted by molar-refractivity contribution is -0.112. The minimum Gasteiger partial charge on any atom is -0.508 e. The Kier molecular flexibility index (Phi) is 5.35. The molecule has 1 aliphatic heterocycles. The Bertz CT molecular complexity index is 1520. The molecule has 8 heteroatoms. The summed E-state index contributed by atoms with van der Waals surface area (Å²) in [6.07, 6.45) is 2.51. The van der Waals surface area contributed by atoms with E-state index in [9.17, 15) is 14.7 Å². The van der Waals surface area contributed by atoms with Crippen molar-refractivity contribution >= 4 is 50.4 Å². The quantitative estimate of drug-likeness (QED) is 0.325. The summed E-state index contributed by atoms with van der Waals surface area (Å²) in [5, 5.41) is 18.0. The minimum absolute atomic E-state index is 0.00367. The van der Waals surface area contributed by atoms with Gasteiger partial charge < -0.3 is 14.4 Å². The molecule has 4 aromatic rings. The molecule has 0 saturated heterocycles. The molecule has 0 aliphatic carbocycles. The van der Waals surface area contributed by atoms with Gasteiger partial charge in [-0.15, -0.1) is 5.10 Å². The summed E-state index contributed by atoms with van der Waals surface area (Å²) in [7, 11) is 0. The number of phenolic OH excluding ortho intramolecular Hbond substituents is 1. The van der Waals surface area contributed by atoms with Crippen molar-refractivity contribution < 1.29 is 14.3 Å². The number of nitrogens with zero attached hydrogens (tertiary/aromatic N) is 3. The number of phenols is 1. The largest absolute Gasteiger partial charge is 0.508 e. The average molecular weight is 502 g/mol. The Hall–Kier alpha value is -4.04. The lowest BCUT2D eigenvalue weighted by atomic mass is 10.1. The van der Waals surface area contributed by atoms with E-state index in [1.807, 2.05) is 48.5 Å². The van der Waals surface area contributed by atoms with Crippen LogP contribution in [0.2, 0.25) is 0 Å². The summed E-state index contributed by atoms with van der Waals surface area (Å²) in [6, 6.07) is 19.4. The van der Waals surface area contributed by atoms with E-state index in [0.29, 0.717) is 17.5 Å². The van der Waals surface area contributed by atoms with Crippen molar-refractivity contribution in [2.24, 2.45) is 10.2 Å². The van der Waals surface area contributed by atoms with Gasteiger partial charge in [0.2, 0.25) is 5.43 Å². The third kappa shape index (κ3) is 3.85. The number of anilines is 1. The van der Waals surface area contributed by atoms with Crippen molar-refractivity contribution in [1.29, 1.82) is 0 Å². The predicted molar refractivity (Wildman–Crippen MR) is 130 cm³/mol. The van der Waals surface area contributed by atoms with E-state index in [1.165, 1.54) is 30.7 Å². The number of carbonyl (C=O) groups excluding carboxylic acids is 1. The Morgan fingerprint density at radius 3 is 2.67 bits per heavy atom. The molecular weight excluding hydrogens is 486 g/mol. The number of benzene rings is 3. The number of amides is 1. The van der Waals surface area contributed by atoms with Gasteiger partial charge in [0.25, 0.3) is 5.91 Å². The molecule has 162 valence electrons. The molecule has 0 fully saturated rings. The predicted octanol–water partition coefficient (Wildman–Crippen LogP) is 4.63. The molecule has 1 amide bonds. The van der Waals surface area contributed by atoms with Crippen molar-refractivity contribution in [3.8, 4) is 5.75 Å². The maximum Gasteiger partial charge on any atom is 0.279 e. The molecule has 0 unspecified atom stereocenters. The first kappa shape index (κ1) is 20.8. The smallest absolute Gasteiger partial charge is 0.279 e. The van der Waals surface area contributed by atoms with Crippen LogP contribution in [0.15, 0.2) is 96.9 Å². The lowest BCUT2D eigenvalue weighted by Gasteiger charge is -2.17. The first-order valence-electron chi connectivity index (χ1n) is 10.0. The van der Waals surface area contributed by atoms with Crippen LogP contribution in [0.3, 0.4) is 0 Å². The summed E-state index contributed by atoms with van der Waals surface area (Å²) in [4.78, 5) is 27.5. The Balaban J connectivity index is 1.48. The summed E-state index contributed by atoms with van der Waals surface area (Å²) in [6.45, 7) is 0.376. The highest BCUT2D eigenvalue weighted by molar-refractivity contribution is 9.10. The zero-order chi connectivity index (χ0) is 22.9. The minimum atomic E-state index is -0.311. The van der Waals surface area contributed by atoms with Crippen molar-refractivity contribution in [1.82, 2.24) is 0 Å². The van der Waals surface area contributed by atoms with Crippen LogP contribution in [0.5, 0.6) is 5.75 Å². The van der Waals surface area contributed by atoms with Gasteiger partial charge in [-0.25, -0.2) is 0 Å². The summed E-state index contributed by atoms with van der Waals surface area (Å²) >= 11 is 3.53. The van der Waals surface area contributed by atoms with Gasteiger partial charge in [-0.05, 0) is 29.8 Å². The van der Waals surface area contributed by atoms with E-state index in [1.54, 1.807) is 4.90 Å².